The van der Waals surface area contributed by atoms with Crippen molar-refractivity contribution in [1.82, 2.24) is 0 Å². The molecule has 0 fully saturated rings. The topological polar surface area (TPSA) is 98.5 Å². The second kappa shape index (κ2) is 5.00. The smallest absolute Gasteiger partial charge is 0.297 e. The van der Waals surface area contributed by atoms with Gasteiger partial charge in [0.1, 0.15) is 11.4 Å². The number of anilines is 1. The number of ether oxygens (including phenoxy) is 1. The SMILES string of the molecule is CCOc1ccc(NS(C)(=O)=O)c([N+](=O)[O-])c1. The van der Waals surface area contributed by atoms with E-state index < -0.39 is 14.9 Å². The molecular formula is C9H12N2O5S. The van der Waals surface area contributed by atoms with E-state index in [-0.39, 0.29) is 11.4 Å². The van der Waals surface area contributed by atoms with Gasteiger partial charge in [0.15, 0.2) is 0 Å². The Balaban J connectivity index is 3.17. The molecule has 0 bridgehead atoms. The van der Waals surface area contributed by atoms with Crippen molar-refractivity contribution in [3.63, 3.8) is 0 Å². The maximum atomic E-state index is 11.0. The van der Waals surface area contributed by atoms with Crippen LogP contribution >= 0.6 is 0 Å². The molecule has 7 nitrogen and oxygen atoms in total. The van der Waals surface area contributed by atoms with Crippen molar-refractivity contribution in [1.29, 1.82) is 0 Å². The average Bonchev–Trinajstić information content (AvgIpc) is 2.18. The van der Waals surface area contributed by atoms with E-state index in [1.54, 1.807) is 6.92 Å². The molecule has 0 aliphatic carbocycles. The third kappa shape index (κ3) is 3.91. The molecule has 17 heavy (non-hydrogen) atoms. The van der Waals surface area contributed by atoms with Gasteiger partial charge >= 0.3 is 0 Å². The highest BCUT2D eigenvalue weighted by Gasteiger charge is 2.17. The summed E-state index contributed by atoms with van der Waals surface area (Å²) in [6.45, 7) is 2.12. The van der Waals surface area contributed by atoms with Crippen molar-refractivity contribution in [2.75, 3.05) is 17.6 Å². The average molecular weight is 260 g/mol. The molecule has 0 aromatic heterocycles. The number of nitro groups is 1. The van der Waals surface area contributed by atoms with Crippen molar-refractivity contribution >= 4 is 21.4 Å². The lowest BCUT2D eigenvalue weighted by Gasteiger charge is -2.07. The zero-order valence-corrected chi connectivity index (χ0v) is 10.2. The van der Waals surface area contributed by atoms with Gasteiger partial charge in [-0.15, -0.1) is 0 Å². The molecule has 0 amide bonds. The molecule has 0 atom stereocenters. The van der Waals surface area contributed by atoms with E-state index in [0.717, 1.165) is 6.26 Å². The lowest BCUT2D eigenvalue weighted by molar-refractivity contribution is -0.384. The summed E-state index contributed by atoms with van der Waals surface area (Å²) in [7, 11) is -3.55. The van der Waals surface area contributed by atoms with E-state index in [0.29, 0.717) is 12.4 Å². The molecule has 0 heterocycles. The molecule has 0 saturated heterocycles. The van der Waals surface area contributed by atoms with Crippen molar-refractivity contribution < 1.29 is 18.1 Å². The summed E-state index contributed by atoms with van der Waals surface area (Å²) in [5.41, 5.74) is -0.428. The standard InChI is InChI=1S/C9H12N2O5S/c1-3-16-7-4-5-8(10-17(2,14)15)9(6-7)11(12)13/h4-6,10H,3H2,1-2H3. The Morgan fingerprint density at radius 1 is 1.47 bits per heavy atom. The molecule has 1 aromatic carbocycles. The molecule has 1 rings (SSSR count). The number of sulfonamides is 1. The molecule has 8 heteroatoms. The van der Waals surface area contributed by atoms with Crippen LogP contribution in [0.3, 0.4) is 0 Å². The van der Waals surface area contributed by atoms with Crippen molar-refractivity contribution in [3.8, 4) is 5.75 Å². The van der Waals surface area contributed by atoms with Gasteiger partial charge in [0.2, 0.25) is 10.0 Å². The summed E-state index contributed by atoms with van der Waals surface area (Å²) in [6, 6.07) is 3.94. The minimum Gasteiger partial charge on any atom is -0.494 e. The first-order valence-corrected chi connectivity index (χ1v) is 6.61. The minimum atomic E-state index is -3.55. The number of rotatable bonds is 5. The normalized spacial score (nSPS) is 10.9. The fraction of sp³-hybridized carbons (Fsp3) is 0.333. The summed E-state index contributed by atoms with van der Waals surface area (Å²) in [6.07, 6.45) is 0.924. The molecule has 1 aromatic rings. The van der Waals surface area contributed by atoms with Crippen LogP contribution in [0.1, 0.15) is 6.92 Å². The molecule has 0 aliphatic rings. The Morgan fingerprint density at radius 2 is 2.12 bits per heavy atom. The first-order valence-electron chi connectivity index (χ1n) is 4.72. The third-order valence-electron chi connectivity index (χ3n) is 1.77. The van der Waals surface area contributed by atoms with Gasteiger partial charge in [-0.2, -0.15) is 0 Å². The Labute approximate surface area is 98.6 Å². The Hall–Kier alpha value is -1.83. The van der Waals surface area contributed by atoms with Crippen LogP contribution in [0.2, 0.25) is 0 Å². The van der Waals surface area contributed by atoms with E-state index in [2.05, 4.69) is 4.72 Å². The van der Waals surface area contributed by atoms with E-state index in [9.17, 15) is 18.5 Å². The second-order valence-electron chi connectivity index (χ2n) is 3.24. The number of nitro benzene ring substituents is 1. The van der Waals surface area contributed by atoms with Gasteiger partial charge in [0.05, 0.1) is 23.9 Å². The molecule has 1 N–H and O–H groups in total. The van der Waals surface area contributed by atoms with E-state index >= 15 is 0 Å². The van der Waals surface area contributed by atoms with Crippen LogP contribution in [-0.2, 0) is 10.0 Å². The first-order chi connectivity index (χ1) is 7.83. The zero-order chi connectivity index (χ0) is 13.1. The summed E-state index contributed by atoms with van der Waals surface area (Å²) in [5.74, 6) is 0.318. The van der Waals surface area contributed by atoms with E-state index in [1.165, 1.54) is 18.2 Å². The molecule has 0 unspecified atom stereocenters. The van der Waals surface area contributed by atoms with Gasteiger partial charge in [-0.05, 0) is 19.1 Å². The van der Waals surface area contributed by atoms with Crippen LogP contribution in [0, 0.1) is 10.1 Å². The Morgan fingerprint density at radius 3 is 2.59 bits per heavy atom. The van der Waals surface area contributed by atoms with Crippen LogP contribution in [-0.4, -0.2) is 26.2 Å². The highest BCUT2D eigenvalue weighted by molar-refractivity contribution is 7.92. The van der Waals surface area contributed by atoms with Crippen molar-refractivity contribution in [2.24, 2.45) is 0 Å². The Bertz CT molecular complexity index is 526. The maximum Gasteiger partial charge on any atom is 0.297 e. The van der Waals surface area contributed by atoms with Crippen LogP contribution in [0.5, 0.6) is 5.75 Å². The number of benzene rings is 1. The maximum absolute atomic E-state index is 11.0. The first kappa shape index (κ1) is 13.2. The largest absolute Gasteiger partial charge is 0.494 e. The van der Waals surface area contributed by atoms with Crippen LogP contribution < -0.4 is 9.46 Å². The molecule has 0 saturated carbocycles. The number of hydrogen-bond acceptors (Lipinski definition) is 5. The quantitative estimate of drug-likeness (QED) is 0.636. The lowest BCUT2D eigenvalue weighted by atomic mass is 10.2. The third-order valence-corrected chi connectivity index (χ3v) is 2.36. The lowest BCUT2D eigenvalue weighted by Crippen LogP contribution is -2.11. The predicted octanol–water partition coefficient (Wildman–Crippen LogP) is 1.36. The van der Waals surface area contributed by atoms with E-state index in [4.69, 9.17) is 4.74 Å². The summed E-state index contributed by atoms with van der Waals surface area (Å²) >= 11 is 0. The van der Waals surface area contributed by atoms with Crippen LogP contribution in [0.15, 0.2) is 18.2 Å². The molecule has 0 radical (unpaired) electrons. The van der Waals surface area contributed by atoms with Crippen molar-refractivity contribution in [2.45, 2.75) is 6.92 Å². The zero-order valence-electron chi connectivity index (χ0n) is 9.34. The van der Waals surface area contributed by atoms with Gasteiger partial charge in [0.25, 0.3) is 5.69 Å². The minimum absolute atomic E-state index is 0.0825. The fourth-order valence-corrected chi connectivity index (χ4v) is 1.78. The summed E-state index contributed by atoms with van der Waals surface area (Å²) < 4.78 is 29.2. The summed E-state index contributed by atoms with van der Waals surface area (Å²) in [5, 5.41) is 10.8. The molecule has 0 spiro atoms. The number of nitrogens with one attached hydrogen (secondary N) is 1. The van der Waals surface area contributed by atoms with Gasteiger partial charge in [0, 0.05) is 0 Å². The van der Waals surface area contributed by atoms with Crippen LogP contribution in [0.4, 0.5) is 11.4 Å². The van der Waals surface area contributed by atoms with Gasteiger partial charge in [-0.3, -0.25) is 14.8 Å². The summed E-state index contributed by atoms with van der Waals surface area (Å²) in [4.78, 5) is 10.1. The Kier molecular flexibility index (Phi) is 3.89. The highest BCUT2D eigenvalue weighted by atomic mass is 32.2. The number of nitrogens with zero attached hydrogens (tertiary/aromatic N) is 1. The van der Waals surface area contributed by atoms with Crippen molar-refractivity contribution in [3.05, 3.63) is 28.3 Å². The highest BCUT2D eigenvalue weighted by Crippen LogP contribution is 2.29. The second-order valence-corrected chi connectivity index (χ2v) is 4.99. The number of hydrogen-bond donors (Lipinski definition) is 1. The van der Waals surface area contributed by atoms with Gasteiger partial charge < -0.3 is 4.74 Å². The van der Waals surface area contributed by atoms with E-state index in [1.807, 2.05) is 0 Å². The van der Waals surface area contributed by atoms with Gasteiger partial charge in [-0.1, -0.05) is 0 Å². The van der Waals surface area contributed by atoms with Gasteiger partial charge in [-0.25, -0.2) is 8.42 Å². The van der Waals surface area contributed by atoms with Crippen LogP contribution in [0.25, 0.3) is 0 Å². The molecule has 94 valence electrons. The fourth-order valence-electron chi connectivity index (χ4n) is 1.20. The monoisotopic (exact) mass is 260 g/mol. The molecular weight excluding hydrogens is 248 g/mol. The molecule has 0 aliphatic heterocycles. The predicted molar refractivity (Wildman–Crippen MR) is 62.7 cm³/mol.